The third-order valence-electron chi connectivity index (χ3n) is 3.20. The molecule has 0 saturated carbocycles. The zero-order valence-corrected chi connectivity index (χ0v) is 12.5. The van der Waals surface area contributed by atoms with Crippen LogP contribution in [0, 0.1) is 5.92 Å². The largest absolute Gasteiger partial charge is 0.325 e. The highest BCUT2D eigenvalue weighted by Crippen LogP contribution is 2.23. The average molecular weight is 251 g/mol. The van der Waals surface area contributed by atoms with Gasteiger partial charge in [0.15, 0.2) is 0 Å². The van der Waals surface area contributed by atoms with Crippen molar-refractivity contribution in [2.75, 3.05) is 0 Å². The van der Waals surface area contributed by atoms with Crippen LogP contribution in [0.15, 0.2) is 0 Å². The third-order valence-corrected chi connectivity index (χ3v) is 3.20. The van der Waals surface area contributed by atoms with Crippen LogP contribution in [0.25, 0.3) is 0 Å². The summed E-state index contributed by atoms with van der Waals surface area (Å²) in [7, 11) is 0. The molecule has 0 spiro atoms. The summed E-state index contributed by atoms with van der Waals surface area (Å²) < 4.78 is 0. The van der Waals surface area contributed by atoms with Gasteiger partial charge in [-0.2, -0.15) is 0 Å². The van der Waals surface area contributed by atoms with Crippen LogP contribution < -0.4 is 5.73 Å². The third kappa shape index (κ3) is 3.77. The van der Waals surface area contributed by atoms with Crippen LogP contribution in [-0.4, -0.2) is 9.97 Å². The van der Waals surface area contributed by atoms with Crippen molar-refractivity contribution in [1.82, 2.24) is 9.97 Å². The number of rotatable bonds is 6. The molecular formula is C15H29N3. The van der Waals surface area contributed by atoms with Crippen LogP contribution in [0.4, 0.5) is 0 Å². The molecule has 2 N–H and O–H groups in total. The van der Waals surface area contributed by atoms with Crippen LogP contribution in [-0.2, 0) is 19.4 Å². The molecule has 0 bridgehead atoms. The van der Waals surface area contributed by atoms with Crippen molar-refractivity contribution in [1.29, 1.82) is 0 Å². The molecular weight excluding hydrogens is 222 g/mol. The Bertz CT molecular complexity index is 389. The number of hydrogen-bond donors (Lipinski definition) is 1. The number of aryl methyl sites for hydroxylation is 1. The van der Waals surface area contributed by atoms with Crippen LogP contribution in [0.1, 0.15) is 71.2 Å². The van der Waals surface area contributed by atoms with Crippen molar-refractivity contribution < 1.29 is 1.43 Å². The van der Waals surface area contributed by atoms with Gasteiger partial charge in [-0.3, -0.25) is 0 Å². The van der Waals surface area contributed by atoms with E-state index >= 15 is 0 Å². The van der Waals surface area contributed by atoms with Crippen molar-refractivity contribution in [3.8, 4) is 0 Å². The van der Waals surface area contributed by atoms with Gasteiger partial charge in [0.1, 0.15) is 5.82 Å². The Morgan fingerprint density at radius 2 is 1.83 bits per heavy atom. The molecule has 18 heavy (non-hydrogen) atoms. The Morgan fingerprint density at radius 3 is 2.28 bits per heavy atom. The molecule has 0 aromatic carbocycles. The minimum atomic E-state index is 0. The van der Waals surface area contributed by atoms with Crippen molar-refractivity contribution >= 4 is 0 Å². The summed E-state index contributed by atoms with van der Waals surface area (Å²) in [4.78, 5) is 9.31. The van der Waals surface area contributed by atoms with Gasteiger partial charge in [0, 0.05) is 14.4 Å². The van der Waals surface area contributed by atoms with Gasteiger partial charge in [0.25, 0.3) is 0 Å². The first kappa shape index (κ1) is 15.1. The molecule has 0 saturated heterocycles. The number of nitrogens with two attached hydrogens (primary N) is 1. The van der Waals surface area contributed by atoms with Gasteiger partial charge in [0.2, 0.25) is 0 Å². The summed E-state index contributed by atoms with van der Waals surface area (Å²) in [5.74, 6) is 2.06. The van der Waals surface area contributed by atoms with Gasteiger partial charge in [-0.25, -0.2) is 9.97 Å². The second-order valence-corrected chi connectivity index (χ2v) is 5.60. The lowest BCUT2D eigenvalue weighted by atomic mass is 9.95. The molecule has 1 aromatic heterocycles. The van der Waals surface area contributed by atoms with Crippen molar-refractivity contribution in [2.24, 2.45) is 11.7 Å². The predicted molar refractivity (Wildman–Crippen MR) is 78.7 cm³/mol. The highest BCUT2D eigenvalue weighted by molar-refractivity contribution is 5.28. The molecule has 3 heteroatoms. The highest BCUT2D eigenvalue weighted by Gasteiger charge is 2.15. The Labute approximate surface area is 113 Å². The fourth-order valence-corrected chi connectivity index (χ4v) is 2.11. The predicted octanol–water partition coefficient (Wildman–Crippen LogP) is 3.46. The van der Waals surface area contributed by atoms with E-state index in [1.165, 1.54) is 17.7 Å². The second-order valence-electron chi connectivity index (χ2n) is 5.60. The summed E-state index contributed by atoms with van der Waals surface area (Å²) in [6.45, 7) is 11.5. The SMILES string of the molecule is CCc1nc(CN)c(CCC(C)C)c(C(C)C)n1.[HH]. The summed E-state index contributed by atoms with van der Waals surface area (Å²) in [6, 6.07) is 0. The van der Waals surface area contributed by atoms with Gasteiger partial charge >= 0.3 is 0 Å². The molecule has 1 heterocycles. The molecule has 0 aliphatic rings. The lowest BCUT2D eigenvalue weighted by Gasteiger charge is -2.17. The molecule has 1 rings (SSSR count). The zero-order valence-electron chi connectivity index (χ0n) is 12.5. The second kappa shape index (κ2) is 6.83. The lowest BCUT2D eigenvalue weighted by molar-refractivity contribution is 0.575. The van der Waals surface area contributed by atoms with Gasteiger partial charge in [-0.1, -0.05) is 34.6 Å². The highest BCUT2D eigenvalue weighted by atomic mass is 14.9. The van der Waals surface area contributed by atoms with Gasteiger partial charge in [-0.05, 0) is 30.2 Å². The Hall–Kier alpha value is -0.960. The van der Waals surface area contributed by atoms with Crippen LogP contribution in [0.2, 0.25) is 0 Å². The molecule has 0 atom stereocenters. The summed E-state index contributed by atoms with van der Waals surface area (Å²) in [5, 5.41) is 0. The standard InChI is InChI=1S/C15H27N3.H2/c1-6-14-17-13(9-16)12(8-7-10(2)3)15(18-14)11(4)5;/h10-11H,6-9,16H2,1-5H3;1H. The molecule has 0 aliphatic heterocycles. The van der Waals surface area contributed by atoms with E-state index in [0.717, 1.165) is 24.4 Å². The van der Waals surface area contributed by atoms with Crippen molar-refractivity contribution in [3.05, 3.63) is 22.8 Å². The first-order valence-electron chi connectivity index (χ1n) is 7.08. The van der Waals surface area contributed by atoms with Crippen molar-refractivity contribution in [2.45, 2.75) is 66.3 Å². The van der Waals surface area contributed by atoms with E-state index in [1.54, 1.807) is 0 Å². The van der Waals surface area contributed by atoms with Gasteiger partial charge in [-0.15, -0.1) is 0 Å². The first-order chi connectivity index (χ1) is 8.49. The van der Waals surface area contributed by atoms with Crippen LogP contribution in [0.5, 0.6) is 0 Å². The molecule has 3 nitrogen and oxygen atoms in total. The molecule has 0 radical (unpaired) electrons. The summed E-state index contributed by atoms with van der Waals surface area (Å²) in [6.07, 6.45) is 3.08. The minimum Gasteiger partial charge on any atom is -0.325 e. The maximum Gasteiger partial charge on any atom is 0.128 e. The molecule has 0 aliphatic carbocycles. The van der Waals surface area contributed by atoms with Crippen molar-refractivity contribution in [3.63, 3.8) is 0 Å². The Balaban J connectivity index is 0.00000324. The minimum absolute atomic E-state index is 0. The monoisotopic (exact) mass is 251 g/mol. The first-order valence-corrected chi connectivity index (χ1v) is 7.08. The normalized spacial score (nSPS) is 11.6. The summed E-state index contributed by atoms with van der Waals surface area (Å²) in [5.41, 5.74) is 9.39. The molecule has 1 aromatic rings. The van der Waals surface area contributed by atoms with E-state index in [-0.39, 0.29) is 1.43 Å². The molecule has 0 unspecified atom stereocenters. The fourth-order valence-electron chi connectivity index (χ4n) is 2.11. The smallest absolute Gasteiger partial charge is 0.128 e. The maximum atomic E-state index is 5.86. The number of aromatic nitrogens is 2. The summed E-state index contributed by atoms with van der Waals surface area (Å²) >= 11 is 0. The quantitative estimate of drug-likeness (QED) is 0.842. The van der Waals surface area contributed by atoms with E-state index in [1.807, 2.05) is 0 Å². The van der Waals surface area contributed by atoms with Gasteiger partial charge in [0.05, 0.1) is 11.4 Å². The number of nitrogens with zero attached hydrogens (tertiary/aromatic N) is 2. The van der Waals surface area contributed by atoms with E-state index in [2.05, 4.69) is 39.6 Å². The maximum absolute atomic E-state index is 5.86. The topological polar surface area (TPSA) is 51.8 Å². The van der Waals surface area contributed by atoms with E-state index in [9.17, 15) is 0 Å². The van der Waals surface area contributed by atoms with Crippen LogP contribution >= 0.6 is 0 Å². The Kier molecular flexibility index (Phi) is 5.73. The molecule has 104 valence electrons. The number of hydrogen-bond acceptors (Lipinski definition) is 3. The van der Waals surface area contributed by atoms with E-state index in [4.69, 9.17) is 10.7 Å². The van der Waals surface area contributed by atoms with E-state index < -0.39 is 0 Å². The van der Waals surface area contributed by atoms with Gasteiger partial charge < -0.3 is 5.73 Å². The average Bonchev–Trinajstić information content (AvgIpc) is 2.34. The van der Waals surface area contributed by atoms with Crippen LogP contribution in [0.3, 0.4) is 0 Å². The van der Waals surface area contributed by atoms with E-state index in [0.29, 0.717) is 18.4 Å². The lowest BCUT2D eigenvalue weighted by Crippen LogP contribution is -2.14. The fraction of sp³-hybridized carbons (Fsp3) is 0.733. The molecule has 0 amide bonds. The zero-order chi connectivity index (χ0) is 13.7. The molecule has 0 fully saturated rings. The Morgan fingerprint density at radius 1 is 1.17 bits per heavy atom.